The molecule has 0 spiro atoms. The van der Waals surface area contributed by atoms with Crippen LogP contribution in [0.4, 0.5) is 0 Å². The van der Waals surface area contributed by atoms with Gasteiger partial charge in [-0.05, 0) is 59.5 Å². The van der Waals surface area contributed by atoms with E-state index in [4.69, 9.17) is 14.2 Å². The van der Waals surface area contributed by atoms with Crippen LogP contribution in [-0.4, -0.2) is 85.7 Å². The molecule has 4 aromatic rings. The minimum absolute atomic E-state index is 0.285. The van der Waals surface area contributed by atoms with Crippen LogP contribution in [-0.2, 0) is 39.9 Å². The summed E-state index contributed by atoms with van der Waals surface area (Å²) in [6.07, 6.45) is -4.37. The van der Waals surface area contributed by atoms with Crippen molar-refractivity contribution >= 4 is 40.6 Å². The molecule has 13 nitrogen and oxygen atoms in total. The Kier molecular flexibility index (Phi) is 9.73. The monoisotopic (exact) mass is 657 g/mol. The van der Waals surface area contributed by atoms with E-state index in [1.54, 1.807) is 43.3 Å². The van der Waals surface area contributed by atoms with Crippen molar-refractivity contribution in [3.05, 3.63) is 108 Å². The zero-order chi connectivity index (χ0) is 34.6. The first-order valence-corrected chi connectivity index (χ1v) is 14.8. The van der Waals surface area contributed by atoms with Crippen LogP contribution >= 0.6 is 0 Å². The third-order valence-corrected chi connectivity index (χ3v) is 8.13. The lowest BCUT2D eigenvalue weighted by atomic mass is 9.85. The fourth-order valence-electron chi connectivity index (χ4n) is 5.71. The van der Waals surface area contributed by atoms with Crippen molar-refractivity contribution in [2.75, 3.05) is 6.54 Å². The molecular formula is C35H31NO12. The molecule has 4 unspecified atom stereocenters. The second-order valence-electron chi connectivity index (χ2n) is 11.2. The molecule has 4 N–H and O–H groups in total. The van der Waals surface area contributed by atoms with Crippen LogP contribution in [0.3, 0.4) is 0 Å². The molecule has 5 rings (SSSR count). The average Bonchev–Trinajstić information content (AvgIpc) is 3.50. The molecule has 0 saturated carbocycles. The third kappa shape index (κ3) is 6.97. The number of nitrogens with zero attached hydrogens (tertiary/aromatic N) is 1. The molecule has 13 heteroatoms. The minimum atomic E-state index is -3.50. The Labute approximate surface area is 273 Å². The summed E-state index contributed by atoms with van der Waals surface area (Å²) >= 11 is 0. The van der Waals surface area contributed by atoms with E-state index in [-0.39, 0.29) is 6.42 Å². The number of para-hydroxylation sites is 1. The summed E-state index contributed by atoms with van der Waals surface area (Å²) in [4.78, 5) is 62.7. The van der Waals surface area contributed by atoms with Gasteiger partial charge in [-0.1, -0.05) is 72.8 Å². The number of carboxylic acids is 4. The zero-order valence-electron chi connectivity index (χ0n) is 25.5. The molecule has 1 saturated heterocycles. The molecule has 1 aliphatic rings. The normalized spacial score (nSPS) is 18.0. The first-order chi connectivity index (χ1) is 22.9. The predicted molar refractivity (Wildman–Crippen MR) is 168 cm³/mol. The van der Waals surface area contributed by atoms with Gasteiger partial charge in [-0.15, -0.1) is 0 Å². The van der Waals surface area contributed by atoms with Crippen LogP contribution in [0.5, 0.6) is 11.5 Å². The first kappa shape index (κ1) is 33.6. The molecule has 0 bridgehead atoms. The van der Waals surface area contributed by atoms with Gasteiger partial charge < -0.3 is 39.5 Å². The molecule has 0 radical (unpaired) electrons. The number of carbonyl (C=O) groups excluding carboxylic acids is 1. The molecule has 4 aromatic carbocycles. The van der Waals surface area contributed by atoms with Crippen molar-refractivity contribution in [2.45, 2.75) is 43.3 Å². The lowest BCUT2D eigenvalue weighted by molar-refractivity contribution is -0.221. The van der Waals surface area contributed by atoms with Gasteiger partial charge in [0.2, 0.25) is 0 Å². The van der Waals surface area contributed by atoms with Gasteiger partial charge in [0.25, 0.3) is 5.91 Å². The summed E-state index contributed by atoms with van der Waals surface area (Å²) in [6, 6.07) is 28.5. The Balaban J connectivity index is 1.53. The lowest BCUT2D eigenvalue weighted by Gasteiger charge is -2.36. The van der Waals surface area contributed by atoms with Crippen LogP contribution in [0.25, 0.3) is 10.8 Å². The van der Waals surface area contributed by atoms with Crippen LogP contribution < -0.4 is 4.74 Å². The molecule has 0 aliphatic carbocycles. The molecule has 48 heavy (non-hydrogen) atoms. The minimum Gasteiger partial charge on any atom is -0.480 e. The number of carboxylic acid groups (broad SMARTS) is 4. The highest BCUT2D eigenvalue weighted by atomic mass is 16.8. The molecule has 1 fully saturated rings. The van der Waals surface area contributed by atoms with E-state index in [1.807, 2.05) is 60.7 Å². The van der Waals surface area contributed by atoms with E-state index in [0.29, 0.717) is 17.1 Å². The summed E-state index contributed by atoms with van der Waals surface area (Å²) in [5.41, 5.74) is 1.51. The Morgan fingerprint density at radius 1 is 0.750 bits per heavy atom. The zero-order valence-corrected chi connectivity index (χ0v) is 25.5. The van der Waals surface area contributed by atoms with Gasteiger partial charge in [-0.2, -0.15) is 0 Å². The summed E-state index contributed by atoms with van der Waals surface area (Å²) in [7, 11) is 0. The van der Waals surface area contributed by atoms with Gasteiger partial charge in [-0.25, -0.2) is 14.4 Å². The van der Waals surface area contributed by atoms with Crippen molar-refractivity contribution in [3.63, 3.8) is 0 Å². The lowest BCUT2D eigenvalue weighted by Crippen LogP contribution is -2.53. The fourth-order valence-corrected chi connectivity index (χ4v) is 5.71. The number of carbonyl (C=O) groups is 5. The number of hydrogen-bond donors (Lipinski definition) is 4. The Bertz CT molecular complexity index is 1830. The van der Waals surface area contributed by atoms with Gasteiger partial charge in [0, 0.05) is 12.0 Å². The first-order valence-electron chi connectivity index (χ1n) is 14.8. The van der Waals surface area contributed by atoms with Gasteiger partial charge >= 0.3 is 29.7 Å². The number of ether oxygens (including phenoxy) is 3. The van der Waals surface area contributed by atoms with E-state index in [0.717, 1.165) is 21.2 Å². The fraction of sp³-hybridized carbons (Fsp3) is 0.229. The van der Waals surface area contributed by atoms with Crippen molar-refractivity contribution in [1.82, 2.24) is 4.90 Å². The number of amides is 1. The number of aliphatic carboxylic acids is 4. The van der Waals surface area contributed by atoms with Crippen LogP contribution in [0.1, 0.15) is 24.0 Å². The number of hydrogen-bond acceptors (Lipinski definition) is 8. The predicted octanol–water partition coefficient (Wildman–Crippen LogP) is 3.99. The molecule has 0 aromatic heterocycles. The Morgan fingerprint density at radius 3 is 1.94 bits per heavy atom. The smallest absolute Gasteiger partial charge is 0.377 e. The standard InChI is InChI=1S/C35H31NO12/c1-20(36(19-28(37)38)31(39)29-30(32(40)41)48-35(47-29,33(42)43)34(44)45)27(18-21-11-12-22-7-5-6-8-24(22)17-21)23-13-15-26(16-14-23)46-25-9-3-2-4-10-25/h2-17,20,27,29-30H,18-19H2,1H3,(H,37,38)(H,40,41)(H,42,43)(H,44,45). The third-order valence-electron chi connectivity index (χ3n) is 8.13. The van der Waals surface area contributed by atoms with E-state index in [9.17, 15) is 44.4 Å². The molecule has 1 aliphatic heterocycles. The largest absolute Gasteiger partial charge is 0.480 e. The summed E-state index contributed by atoms with van der Waals surface area (Å²) in [5.74, 6) is -12.0. The number of fused-ring (bicyclic) bond motifs is 1. The van der Waals surface area contributed by atoms with Crippen LogP contribution in [0.15, 0.2) is 97.1 Å². The molecule has 4 atom stereocenters. The number of benzene rings is 4. The van der Waals surface area contributed by atoms with Crippen LogP contribution in [0, 0.1) is 0 Å². The van der Waals surface area contributed by atoms with Crippen LogP contribution in [0.2, 0.25) is 0 Å². The molecule has 1 heterocycles. The van der Waals surface area contributed by atoms with E-state index < -0.39 is 66.3 Å². The van der Waals surface area contributed by atoms with Gasteiger partial charge in [-0.3, -0.25) is 9.59 Å². The second kappa shape index (κ2) is 13.9. The van der Waals surface area contributed by atoms with Crippen molar-refractivity contribution in [1.29, 1.82) is 0 Å². The highest BCUT2D eigenvalue weighted by Gasteiger charge is 2.64. The topological polar surface area (TPSA) is 197 Å². The second-order valence-corrected chi connectivity index (χ2v) is 11.2. The van der Waals surface area contributed by atoms with E-state index in [2.05, 4.69) is 0 Å². The van der Waals surface area contributed by atoms with Crippen molar-refractivity contribution in [2.24, 2.45) is 0 Å². The molecule has 248 valence electrons. The number of rotatable bonds is 13. The summed E-state index contributed by atoms with van der Waals surface area (Å²) < 4.78 is 15.8. The Hall–Kier alpha value is -5.79. The van der Waals surface area contributed by atoms with Crippen molar-refractivity contribution in [3.8, 4) is 11.5 Å². The van der Waals surface area contributed by atoms with E-state index in [1.165, 1.54) is 0 Å². The SMILES string of the molecule is CC(C(Cc1ccc2ccccc2c1)c1ccc(Oc2ccccc2)cc1)N(CC(=O)O)C(=O)C1OC(C(=O)O)(C(=O)O)OC1C(=O)O. The Morgan fingerprint density at radius 2 is 1.33 bits per heavy atom. The van der Waals surface area contributed by atoms with Gasteiger partial charge in [0.05, 0.1) is 0 Å². The highest BCUT2D eigenvalue weighted by molar-refractivity contribution is 6.02. The van der Waals surface area contributed by atoms with E-state index >= 15 is 0 Å². The maximum atomic E-state index is 14.0. The van der Waals surface area contributed by atoms with Gasteiger partial charge in [0.15, 0.2) is 12.2 Å². The van der Waals surface area contributed by atoms with Gasteiger partial charge in [0.1, 0.15) is 18.0 Å². The quantitative estimate of drug-likeness (QED) is 0.151. The van der Waals surface area contributed by atoms with Crippen molar-refractivity contribution < 1.29 is 58.6 Å². The average molecular weight is 658 g/mol. The summed E-state index contributed by atoms with van der Waals surface area (Å²) in [6.45, 7) is 0.622. The molecular weight excluding hydrogens is 626 g/mol. The summed E-state index contributed by atoms with van der Waals surface area (Å²) in [5, 5.41) is 40.6. The maximum absolute atomic E-state index is 14.0. The molecule has 1 amide bonds. The maximum Gasteiger partial charge on any atom is 0.377 e. The highest BCUT2D eigenvalue weighted by Crippen LogP contribution is 2.35.